The van der Waals surface area contributed by atoms with Crippen LogP contribution in [0.25, 0.3) is 0 Å². The van der Waals surface area contributed by atoms with Gasteiger partial charge in [-0.3, -0.25) is 4.79 Å². The third-order valence-electron chi connectivity index (χ3n) is 3.55. The van der Waals surface area contributed by atoms with Gasteiger partial charge < -0.3 is 15.4 Å². The van der Waals surface area contributed by atoms with Crippen molar-refractivity contribution in [3.8, 4) is 5.75 Å². The number of rotatable bonds is 7. The topological polar surface area (TPSA) is 50.4 Å². The molecule has 0 heterocycles. The number of carbonyl (C=O) groups is 1. The first-order valence-electron chi connectivity index (χ1n) is 7.48. The van der Waals surface area contributed by atoms with E-state index >= 15 is 0 Å². The molecule has 1 unspecified atom stereocenters. The largest absolute Gasteiger partial charge is 0.497 e. The first-order valence-corrected chi connectivity index (χ1v) is 7.86. The van der Waals surface area contributed by atoms with Gasteiger partial charge in [-0.1, -0.05) is 41.9 Å². The summed E-state index contributed by atoms with van der Waals surface area (Å²) in [5, 5.41) is 6.65. The van der Waals surface area contributed by atoms with Gasteiger partial charge in [0.2, 0.25) is 5.91 Å². The third kappa shape index (κ3) is 5.41. The maximum Gasteiger partial charge on any atom is 0.222 e. The molecule has 2 aromatic carbocycles. The Bertz CT molecular complexity index is 665. The van der Waals surface area contributed by atoms with Crippen molar-refractivity contribution >= 4 is 29.9 Å². The molecule has 24 heavy (non-hydrogen) atoms. The van der Waals surface area contributed by atoms with Crippen molar-refractivity contribution in [2.75, 3.05) is 20.7 Å². The van der Waals surface area contributed by atoms with Crippen LogP contribution in [0.4, 0.5) is 0 Å². The Hall–Kier alpha value is -1.75. The fourth-order valence-electron chi connectivity index (χ4n) is 2.34. The summed E-state index contributed by atoms with van der Waals surface area (Å²) in [5.74, 6) is 0.705. The number of nitrogens with one attached hydrogen (secondary N) is 2. The lowest BCUT2D eigenvalue weighted by atomic mass is 9.98. The summed E-state index contributed by atoms with van der Waals surface area (Å²) < 4.78 is 5.29. The number of carbonyl (C=O) groups excluding carboxylic acids is 1. The van der Waals surface area contributed by atoms with Crippen molar-refractivity contribution < 1.29 is 9.53 Å². The smallest absolute Gasteiger partial charge is 0.222 e. The second-order valence-corrected chi connectivity index (χ2v) is 5.56. The lowest BCUT2D eigenvalue weighted by Gasteiger charge is -2.21. The SMILES string of the molecule is CNCCC(=O)NC(c1cccc(OC)c1)c1ccccc1Cl.Cl. The number of amides is 1. The van der Waals surface area contributed by atoms with Crippen molar-refractivity contribution in [3.63, 3.8) is 0 Å². The molecule has 0 fully saturated rings. The molecule has 0 spiro atoms. The molecule has 0 aromatic heterocycles. The van der Waals surface area contributed by atoms with Gasteiger partial charge in [-0.2, -0.15) is 0 Å². The molecule has 130 valence electrons. The summed E-state index contributed by atoms with van der Waals surface area (Å²) in [6.45, 7) is 0.624. The maximum atomic E-state index is 12.2. The summed E-state index contributed by atoms with van der Waals surface area (Å²) in [4.78, 5) is 12.2. The maximum absolute atomic E-state index is 12.2. The normalized spacial score (nSPS) is 11.3. The van der Waals surface area contributed by atoms with E-state index in [9.17, 15) is 4.79 Å². The molecule has 0 bridgehead atoms. The van der Waals surface area contributed by atoms with Crippen LogP contribution in [0.15, 0.2) is 48.5 Å². The van der Waals surface area contributed by atoms with Gasteiger partial charge in [-0.05, 0) is 36.4 Å². The van der Waals surface area contributed by atoms with Crippen LogP contribution < -0.4 is 15.4 Å². The van der Waals surface area contributed by atoms with E-state index in [1.165, 1.54) is 0 Å². The van der Waals surface area contributed by atoms with Gasteiger partial charge in [0.05, 0.1) is 13.2 Å². The predicted molar refractivity (Wildman–Crippen MR) is 100 cm³/mol. The lowest BCUT2D eigenvalue weighted by molar-refractivity contribution is -0.121. The summed E-state index contributed by atoms with van der Waals surface area (Å²) in [5.41, 5.74) is 1.79. The molecule has 6 heteroatoms. The average Bonchev–Trinajstić information content (AvgIpc) is 2.58. The van der Waals surface area contributed by atoms with Crippen LogP contribution in [-0.2, 0) is 4.79 Å². The molecule has 2 N–H and O–H groups in total. The van der Waals surface area contributed by atoms with Crippen molar-refractivity contribution in [3.05, 3.63) is 64.7 Å². The Morgan fingerprint density at radius 3 is 2.62 bits per heavy atom. The van der Waals surface area contributed by atoms with E-state index < -0.39 is 0 Å². The second-order valence-electron chi connectivity index (χ2n) is 5.15. The number of halogens is 2. The molecule has 0 aliphatic carbocycles. The predicted octanol–water partition coefficient (Wildman–Crippen LogP) is 3.59. The van der Waals surface area contributed by atoms with Gasteiger partial charge in [0, 0.05) is 18.0 Å². The highest BCUT2D eigenvalue weighted by Crippen LogP contribution is 2.30. The molecule has 0 saturated heterocycles. The average molecular weight is 369 g/mol. The minimum atomic E-state index is -0.317. The fourth-order valence-corrected chi connectivity index (χ4v) is 2.59. The monoisotopic (exact) mass is 368 g/mol. The van der Waals surface area contributed by atoms with Crippen molar-refractivity contribution in [1.29, 1.82) is 0 Å². The molecule has 0 saturated carbocycles. The van der Waals surface area contributed by atoms with Crippen molar-refractivity contribution in [2.24, 2.45) is 0 Å². The standard InChI is InChI=1S/C18H21ClN2O2.ClH/c1-20-11-10-17(22)21-18(15-8-3-4-9-16(15)19)13-6-5-7-14(12-13)23-2;/h3-9,12,18,20H,10-11H2,1-2H3,(H,21,22);1H. The minimum absolute atomic E-state index is 0. The quantitative estimate of drug-likeness (QED) is 0.784. The molecule has 1 amide bonds. The van der Waals surface area contributed by atoms with Gasteiger partial charge in [0.1, 0.15) is 5.75 Å². The van der Waals surface area contributed by atoms with Gasteiger partial charge in [-0.25, -0.2) is 0 Å². The van der Waals surface area contributed by atoms with E-state index in [1.54, 1.807) is 7.11 Å². The third-order valence-corrected chi connectivity index (χ3v) is 3.89. The second kappa shape index (κ2) is 10.2. The Morgan fingerprint density at radius 1 is 1.21 bits per heavy atom. The first kappa shape index (κ1) is 20.3. The number of hydrogen-bond donors (Lipinski definition) is 2. The van der Waals surface area contributed by atoms with E-state index in [2.05, 4.69) is 10.6 Å². The fraction of sp³-hybridized carbons (Fsp3) is 0.278. The number of hydrogen-bond acceptors (Lipinski definition) is 3. The highest BCUT2D eigenvalue weighted by Gasteiger charge is 2.19. The highest BCUT2D eigenvalue weighted by molar-refractivity contribution is 6.31. The number of methoxy groups -OCH3 is 1. The molecule has 4 nitrogen and oxygen atoms in total. The van der Waals surface area contributed by atoms with Gasteiger partial charge in [0.15, 0.2) is 0 Å². The summed E-state index contributed by atoms with van der Waals surface area (Å²) >= 11 is 6.34. The Labute approximate surface area is 154 Å². The minimum Gasteiger partial charge on any atom is -0.497 e. The van der Waals surface area contributed by atoms with Crippen molar-refractivity contribution in [1.82, 2.24) is 10.6 Å². The van der Waals surface area contributed by atoms with E-state index in [-0.39, 0.29) is 24.4 Å². The zero-order valence-electron chi connectivity index (χ0n) is 13.7. The Balaban J connectivity index is 0.00000288. The molecule has 0 aliphatic heterocycles. The Kier molecular flexibility index (Phi) is 8.61. The summed E-state index contributed by atoms with van der Waals surface area (Å²) in [6, 6.07) is 14.8. The number of ether oxygens (including phenoxy) is 1. The highest BCUT2D eigenvalue weighted by atomic mass is 35.5. The van der Waals surface area contributed by atoms with Crippen LogP contribution in [-0.4, -0.2) is 26.6 Å². The van der Waals surface area contributed by atoms with Crippen LogP contribution in [0.2, 0.25) is 5.02 Å². The summed E-state index contributed by atoms with van der Waals surface area (Å²) in [6.07, 6.45) is 0.404. The Morgan fingerprint density at radius 2 is 1.96 bits per heavy atom. The van der Waals surface area contributed by atoms with Crippen molar-refractivity contribution in [2.45, 2.75) is 12.5 Å². The van der Waals surface area contributed by atoms with Crippen LogP contribution in [0.3, 0.4) is 0 Å². The molecular weight excluding hydrogens is 347 g/mol. The zero-order valence-corrected chi connectivity index (χ0v) is 15.3. The van der Waals surface area contributed by atoms with Gasteiger partial charge in [-0.15, -0.1) is 12.4 Å². The van der Waals surface area contributed by atoms with Crippen LogP contribution >= 0.6 is 24.0 Å². The molecule has 1 atom stereocenters. The molecule has 2 rings (SSSR count). The number of benzene rings is 2. The van der Waals surface area contributed by atoms with Crippen LogP contribution in [0.1, 0.15) is 23.6 Å². The van der Waals surface area contributed by atoms with E-state index in [1.807, 2.05) is 55.6 Å². The van der Waals surface area contributed by atoms with E-state index in [4.69, 9.17) is 16.3 Å². The van der Waals surface area contributed by atoms with Gasteiger partial charge >= 0.3 is 0 Å². The molecule has 2 aromatic rings. The van der Waals surface area contributed by atoms with E-state index in [0.29, 0.717) is 18.0 Å². The molecular formula is C18H22Cl2N2O2. The molecule has 0 radical (unpaired) electrons. The summed E-state index contributed by atoms with van der Waals surface area (Å²) in [7, 11) is 3.44. The van der Waals surface area contributed by atoms with E-state index in [0.717, 1.165) is 16.9 Å². The lowest BCUT2D eigenvalue weighted by Crippen LogP contribution is -2.31. The zero-order chi connectivity index (χ0) is 16.7. The molecule has 0 aliphatic rings. The first-order chi connectivity index (χ1) is 11.2. The van der Waals surface area contributed by atoms with Gasteiger partial charge in [0.25, 0.3) is 0 Å². The van der Waals surface area contributed by atoms with Crippen LogP contribution in [0.5, 0.6) is 5.75 Å². The van der Waals surface area contributed by atoms with Crippen LogP contribution in [0, 0.1) is 0 Å².